The number of hydrazine groups is 1. The summed E-state index contributed by atoms with van der Waals surface area (Å²) >= 11 is 0. The minimum Gasteiger partial charge on any atom is -0.443 e. The summed E-state index contributed by atoms with van der Waals surface area (Å²) in [6, 6.07) is 9.85. The lowest BCUT2D eigenvalue weighted by Gasteiger charge is -2.37. The van der Waals surface area contributed by atoms with E-state index < -0.39 is 44.6 Å². The lowest BCUT2D eigenvalue weighted by atomic mass is 10.0. The van der Waals surface area contributed by atoms with Crippen molar-refractivity contribution in [3.63, 3.8) is 0 Å². The largest absolute Gasteiger partial charge is 0.443 e. The molecule has 2 aromatic carbocycles. The van der Waals surface area contributed by atoms with Crippen LogP contribution in [0.5, 0.6) is 0 Å². The predicted octanol–water partition coefficient (Wildman–Crippen LogP) is 5.11. The molecule has 2 N–H and O–H groups in total. The van der Waals surface area contributed by atoms with Crippen molar-refractivity contribution >= 4 is 16.1 Å². The zero-order valence-corrected chi connectivity index (χ0v) is 21.5. The molecule has 1 fully saturated rings. The Morgan fingerprint density at radius 1 is 1.14 bits per heavy atom. The van der Waals surface area contributed by atoms with Crippen LogP contribution in [-0.4, -0.2) is 30.5 Å². The first-order valence-corrected chi connectivity index (χ1v) is 13.1. The number of halogens is 2. The number of nitrogens with one attached hydrogen (secondary N) is 2. The summed E-state index contributed by atoms with van der Waals surface area (Å²) in [5.74, 6) is -1.44. The van der Waals surface area contributed by atoms with Crippen molar-refractivity contribution in [3.8, 4) is 0 Å². The van der Waals surface area contributed by atoms with E-state index in [1.165, 1.54) is 4.31 Å². The van der Waals surface area contributed by atoms with E-state index >= 15 is 4.39 Å². The monoisotopic (exact) mass is 509 g/mol. The topological polar surface area (TPSA) is 87.7 Å². The summed E-state index contributed by atoms with van der Waals surface area (Å²) in [7, 11) is -3.78. The quantitative estimate of drug-likeness (QED) is 0.529. The van der Waals surface area contributed by atoms with Crippen LogP contribution in [0.15, 0.2) is 42.5 Å². The number of hydrogen-bond acceptors (Lipinski definition) is 5. The number of carbonyl (C=O) groups is 1. The Kier molecular flexibility index (Phi) is 8.18. The van der Waals surface area contributed by atoms with E-state index in [0.717, 1.165) is 12.1 Å². The highest BCUT2D eigenvalue weighted by Crippen LogP contribution is 2.38. The highest BCUT2D eigenvalue weighted by Gasteiger charge is 2.40. The molecule has 0 aliphatic carbocycles. The van der Waals surface area contributed by atoms with Crippen LogP contribution in [0.1, 0.15) is 75.4 Å². The van der Waals surface area contributed by atoms with Crippen LogP contribution >= 0.6 is 0 Å². The summed E-state index contributed by atoms with van der Waals surface area (Å²) in [6.45, 7) is 8.17. The zero-order chi connectivity index (χ0) is 26.0. The van der Waals surface area contributed by atoms with Gasteiger partial charge < -0.3 is 4.74 Å². The first-order valence-electron chi connectivity index (χ1n) is 11.6. The summed E-state index contributed by atoms with van der Waals surface area (Å²) in [5.41, 5.74) is 4.82. The van der Waals surface area contributed by atoms with Crippen molar-refractivity contribution in [1.29, 1.82) is 0 Å². The predicted molar refractivity (Wildman–Crippen MR) is 130 cm³/mol. The summed E-state index contributed by atoms with van der Waals surface area (Å²) in [4.78, 5) is 11.8. The van der Waals surface area contributed by atoms with Crippen molar-refractivity contribution in [2.75, 3.05) is 0 Å². The third kappa shape index (κ3) is 6.56. The fraction of sp³-hybridized carbons (Fsp3) is 0.480. The van der Waals surface area contributed by atoms with Crippen molar-refractivity contribution in [1.82, 2.24) is 15.2 Å². The maximum absolute atomic E-state index is 15.0. The summed E-state index contributed by atoms with van der Waals surface area (Å²) in [5, 5.41) is -0.727. The van der Waals surface area contributed by atoms with Crippen LogP contribution in [0.3, 0.4) is 0 Å². The normalized spacial score (nSPS) is 21.3. The van der Waals surface area contributed by atoms with E-state index in [9.17, 15) is 17.6 Å². The molecule has 1 heterocycles. The number of amides is 1. The van der Waals surface area contributed by atoms with Gasteiger partial charge in [0.1, 0.15) is 22.5 Å². The number of nitrogens with zero attached hydrogens (tertiary/aromatic N) is 1. The van der Waals surface area contributed by atoms with Crippen LogP contribution in [0.2, 0.25) is 0 Å². The highest BCUT2D eigenvalue weighted by atomic mass is 32.2. The molecule has 0 saturated carbocycles. The number of rotatable bonds is 6. The van der Waals surface area contributed by atoms with Crippen molar-refractivity contribution < 1.29 is 26.7 Å². The minimum atomic E-state index is -3.78. The number of benzene rings is 2. The molecule has 3 rings (SSSR count). The second-order valence-electron chi connectivity index (χ2n) is 9.87. The van der Waals surface area contributed by atoms with Crippen LogP contribution in [-0.2, 0) is 21.3 Å². The SMILES string of the molecule is CC(NNC(=O)OC(C)(C)C)c1cc(F)c(CN2[C@@H](C)CC[C@H](c3ccccc3)S2(=O)=O)cc1F. The van der Waals surface area contributed by atoms with Crippen LogP contribution in [0.25, 0.3) is 0 Å². The van der Waals surface area contributed by atoms with Gasteiger partial charge in [0.05, 0.1) is 6.04 Å². The fourth-order valence-electron chi connectivity index (χ4n) is 4.12. The Balaban J connectivity index is 1.77. The zero-order valence-electron chi connectivity index (χ0n) is 20.6. The van der Waals surface area contributed by atoms with E-state index in [-0.39, 0.29) is 23.7 Å². The second kappa shape index (κ2) is 10.6. The van der Waals surface area contributed by atoms with Gasteiger partial charge in [-0.05, 0) is 65.2 Å². The van der Waals surface area contributed by atoms with E-state index in [1.54, 1.807) is 58.9 Å². The number of hydrogen-bond donors (Lipinski definition) is 2. The standard InChI is InChI=1S/C25H33F2N3O4S/c1-16-11-12-23(18-9-7-6-8-10-18)35(32,33)30(16)15-19-13-22(27)20(14-21(19)26)17(2)28-29-24(31)34-25(3,4)5/h6-10,13-14,16-17,23,28H,11-12,15H2,1-5H3,(H,29,31)/t16-,17?,23+/m0/s1. The molecule has 1 saturated heterocycles. The Hall–Kier alpha value is -2.56. The first kappa shape index (κ1) is 27.0. The summed E-state index contributed by atoms with van der Waals surface area (Å²) < 4.78 is 63.1. The van der Waals surface area contributed by atoms with Gasteiger partial charge in [-0.1, -0.05) is 30.3 Å². The van der Waals surface area contributed by atoms with Crippen molar-refractivity contribution in [2.45, 2.75) is 76.9 Å². The van der Waals surface area contributed by atoms with E-state index in [2.05, 4.69) is 10.9 Å². The minimum absolute atomic E-state index is 0.0148. The van der Waals surface area contributed by atoms with Gasteiger partial charge >= 0.3 is 6.09 Å². The maximum Gasteiger partial charge on any atom is 0.422 e. The Morgan fingerprint density at radius 3 is 2.43 bits per heavy atom. The third-order valence-corrected chi connectivity index (χ3v) is 8.31. The molecule has 35 heavy (non-hydrogen) atoms. The lowest BCUT2D eigenvalue weighted by Crippen LogP contribution is -2.45. The number of ether oxygens (including phenoxy) is 1. The molecule has 2 aromatic rings. The van der Waals surface area contributed by atoms with Gasteiger partial charge in [-0.25, -0.2) is 27.4 Å². The molecule has 1 aliphatic heterocycles. The number of carbonyl (C=O) groups excluding carboxylic acids is 1. The number of sulfonamides is 1. The van der Waals surface area contributed by atoms with Gasteiger partial charge in [0.25, 0.3) is 0 Å². The van der Waals surface area contributed by atoms with Gasteiger partial charge in [-0.2, -0.15) is 4.31 Å². The molecular weight excluding hydrogens is 476 g/mol. The lowest BCUT2D eigenvalue weighted by molar-refractivity contribution is 0.0489. The molecule has 3 atom stereocenters. The Morgan fingerprint density at radius 2 is 1.80 bits per heavy atom. The Bertz CT molecular complexity index is 1150. The average Bonchev–Trinajstić information content (AvgIpc) is 2.76. The van der Waals surface area contributed by atoms with Gasteiger partial charge in [0, 0.05) is 23.7 Å². The fourth-order valence-corrected chi connectivity index (χ4v) is 6.31. The van der Waals surface area contributed by atoms with E-state index in [4.69, 9.17) is 4.74 Å². The van der Waals surface area contributed by atoms with Crippen molar-refractivity contribution in [2.24, 2.45) is 0 Å². The van der Waals surface area contributed by atoms with Gasteiger partial charge in [-0.3, -0.25) is 5.43 Å². The molecule has 0 spiro atoms. The molecule has 0 bridgehead atoms. The van der Waals surface area contributed by atoms with Gasteiger partial charge in [0.15, 0.2) is 0 Å². The van der Waals surface area contributed by atoms with Crippen molar-refractivity contribution in [3.05, 3.63) is 70.8 Å². The smallest absolute Gasteiger partial charge is 0.422 e. The third-order valence-electron chi connectivity index (χ3n) is 5.94. The van der Waals surface area contributed by atoms with Crippen LogP contribution in [0, 0.1) is 11.6 Å². The van der Waals surface area contributed by atoms with E-state index in [1.807, 2.05) is 6.07 Å². The van der Waals surface area contributed by atoms with Crippen LogP contribution < -0.4 is 10.9 Å². The molecule has 0 radical (unpaired) electrons. The molecular formula is C25H33F2N3O4S. The van der Waals surface area contributed by atoms with Crippen LogP contribution in [0.4, 0.5) is 13.6 Å². The maximum atomic E-state index is 15.0. The molecule has 7 nitrogen and oxygen atoms in total. The molecule has 1 aliphatic rings. The summed E-state index contributed by atoms with van der Waals surface area (Å²) in [6.07, 6.45) is 0.324. The highest BCUT2D eigenvalue weighted by molar-refractivity contribution is 7.89. The second-order valence-corrected chi connectivity index (χ2v) is 11.9. The molecule has 10 heteroatoms. The molecule has 192 valence electrons. The first-order chi connectivity index (χ1) is 16.3. The Labute approximate surface area is 205 Å². The average molecular weight is 510 g/mol. The van der Waals surface area contributed by atoms with E-state index in [0.29, 0.717) is 18.4 Å². The van der Waals surface area contributed by atoms with Gasteiger partial charge in [-0.15, -0.1) is 0 Å². The molecule has 0 aromatic heterocycles. The van der Waals surface area contributed by atoms with Gasteiger partial charge in [0.2, 0.25) is 10.0 Å². The molecule has 1 unspecified atom stereocenters. The molecule has 1 amide bonds.